The van der Waals surface area contributed by atoms with Gasteiger partial charge in [-0.05, 0) is 31.4 Å². The molecule has 2 N–H and O–H groups in total. The van der Waals surface area contributed by atoms with Crippen LogP contribution >= 0.6 is 11.3 Å². The fourth-order valence-electron chi connectivity index (χ4n) is 1.50. The maximum Gasteiger partial charge on any atom is 0.104 e. The van der Waals surface area contributed by atoms with Crippen LogP contribution in [0, 0.1) is 0 Å². The first-order valence-corrected chi connectivity index (χ1v) is 6.62. The lowest BCUT2D eigenvalue weighted by Crippen LogP contribution is -2.18. The second kappa shape index (κ2) is 5.30. The zero-order valence-corrected chi connectivity index (χ0v) is 11.7. The molecule has 0 amide bonds. The lowest BCUT2D eigenvalue weighted by Gasteiger charge is -2.18. The number of hydrogen-bond donors (Lipinski definition) is 1. The highest BCUT2D eigenvalue weighted by Gasteiger charge is 2.20. The Morgan fingerprint density at radius 1 is 1.31 bits per heavy atom. The summed E-state index contributed by atoms with van der Waals surface area (Å²) in [6.45, 7) is 11.3. The fraction of sp³-hybridized carbons (Fsp3) is 0.692. The molecular weight excluding hydrogens is 218 g/mol. The van der Waals surface area contributed by atoms with Gasteiger partial charge in [0.05, 0.1) is 6.10 Å². The third-order valence-corrected chi connectivity index (χ3v) is 3.94. The molecule has 1 rings (SSSR count). The van der Waals surface area contributed by atoms with Crippen LogP contribution in [0.15, 0.2) is 12.1 Å². The predicted octanol–water partition coefficient (Wildman–Crippen LogP) is 3.47. The summed E-state index contributed by atoms with van der Waals surface area (Å²) < 4.78 is 5.80. The second-order valence-corrected chi connectivity index (χ2v) is 6.48. The number of thiophene rings is 1. The zero-order chi connectivity index (χ0) is 12.3. The average molecular weight is 241 g/mol. The van der Waals surface area contributed by atoms with Crippen molar-refractivity contribution < 1.29 is 4.74 Å². The van der Waals surface area contributed by atoms with Crippen molar-refractivity contribution in [2.45, 2.75) is 52.2 Å². The topological polar surface area (TPSA) is 35.2 Å². The molecule has 1 aromatic heterocycles. The minimum atomic E-state index is 0.0427. The molecule has 1 heterocycles. The van der Waals surface area contributed by atoms with E-state index in [9.17, 15) is 0 Å². The van der Waals surface area contributed by atoms with Crippen LogP contribution < -0.4 is 5.73 Å². The first-order valence-electron chi connectivity index (χ1n) is 5.80. The lowest BCUT2D eigenvalue weighted by atomic mass is 9.95. The molecule has 3 heteroatoms. The van der Waals surface area contributed by atoms with Crippen LogP contribution in [0.4, 0.5) is 0 Å². The molecule has 0 bridgehead atoms. The van der Waals surface area contributed by atoms with E-state index in [0.29, 0.717) is 6.54 Å². The van der Waals surface area contributed by atoms with E-state index in [4.69, 9.17) is 10.5 Å². The quantitative estimate of drug-likeness (QED) is 0.876. The standard InChI is InChI=1S/C13H23NOS/c1-9(2)15-10(8-14)11-6-7-12(16-11)13(3,4)5/h6-7,9-10H,8,14H2,1-5H3. The van der Waals surface area contributed by atoms with Crippen LogP contribution in [0.2, 0.25) is 0 Å². The van der Waals surface area contributed by atoms with E-state index in [-0.39, 0.29) is 17.6 Å². The van der Waals surface area contributed by atoms with E-state index in [1.807, 2.05) is 25.2 Å². The van der Waals surface area contributed by atoms with Crippen LogP contribution in [0.3, 0.4) is 0 Å². The third-order valence-electron chi connectivity index (χ3n) is 2.33. The summed E-state index contributed by atoms with van der Waals surface area (Å²) in [7, 11) is 0. The number of nitrogens with two attached hydrogens (primary N) is 1. The predicted molar refractivity (Wildman–Crippen MR) is 71.0 cm³/mol. The van der Waals surface area contributed by atoms with Gasteiger partial charge in [-0.3, -0.25) is 0 Å². The van der Waals surface area contributed by atoms with Crippen LogP contribution in [0.25, 0.3) is 0 Å². The van der Waals surface area contributed by atoms with E-state index in [1.165, 1.54) is 9.75 Å². The number of rotatable bonds is 4. The van der Waals surface area contributed by atoms with E-state index >= 15 is 0 Å². The van der Waals surface area contributed by atoms with Gasteiger partial charge in [0.25, 0.3) is 0 Å². The van der Waals surface area contributed by atoms with Crippen molar-refractivity contribution in [3.05, 3.63) is 21.9 Å². The van der Waals surface area contributed by atoms with Crippen LogP contribution in [0.5, 0.6) is 0 Å². The molecule has 1 atom stereocenters. The third kappa shape index (κ3) is 3.58. The van der Waals surface area contributed by atoms with Gasteiger partial charge in [-0.15, -0.1) is 11.3 Å². The van der Waals surface area contributed by atoms with Crippen LogP contribution in [0.1, 0.15) is 50.5 Å². The maximum absolute atomic E-state index is 5.80. The van der Waals surface area contributed by atoms with Crippen molar-refractivity contribution in [1.82, 2.24) is 0 Å². The molecule has 0 fully saturated rings. The zero-order valence-electron chi connectivity index (χ0n) is 10.9. The summed E-state index contributed by atoms with van der Waals surface area (Å²) in [5.41, 5.74) is 5.96. The molecule has 92 valence electrons. The summed E-state index contributed by atoms with van der Waals surface area (Å²) in [5.74, 6) is 0. The fourth-order valence-corrected chi connectivity index (χ4v) is 2.61. The van der Waals surface area contributed by atoms with Crippen LogP contribution in [-0.2, 0) is 10.2 Å². The molecule has 16 heavy (non-hydrogen) atoms. The van der Waals surface area contributed by atoms with Crippen molar-refractivity contribution in [3.63, 3.8) is 0 Å². The molecule has 0 aromatic carbocycles. The SMILES string of the molecule is CC(C)OC(CN)c1ccc(C(C)(C)C)s1. The Bertz CT molecular complexity index is 325. The Hall–Kier alpha value is -0.380. The molecular formula is C13H23NOS. The van der Waals surface area contributed by atoms with E-state index in [2.05, 4.69) is 32.9 Å². The maximum atomic E-state index is 5.80. The van der Waals surface area contributed by atoms with Crippen LogP contribution in [-0.4, -0.2) is 12.6 Å². The molecule has 1 unspecified atom stereocenters. The second-order valence-electron chi connectivity index (χ2n) is 5.36. The Balaban J connectivity index is 2.83. The summed E-state index contributed by atoms with van der Waals surface area (Å²) in [6, 6.07) is 4.33. The molecule has 0 spiro atoms. The average Bonchev–Trinajstić information content (AvgIpc) is 2.61. The Labute approximate surface area is 103 Å². The highest BCUT2D eigenvalue weighted by Crippen LogP contribution is 2.33. The lowest BCUT2D eigenvalue weighted by molar-refractivity contribution is 0.0140. The molecule has 2 nitrogen and oxygen atoms in total. The Morgan fingerprint density at radius 3 is 2.31 bits per heavy atom. The van der Waals surface area contributed by atoms with E-state index in [1.54, 1.807) is 0 Å². The normalized spacial score (nSPS) is 14.4. The number of ether oxygens (including phenoxy) is 1. The molecule has 0 aliphatic carbocycles. The summed E-state index contributed by atoms with van der Waals surface area (Å²) in [6.07, 6.45) is 0.259. The van der Waals surface area contributed by atoms with Gasteiger partial charge in [0.15, 0.2) is 0 Å². The molecule has 0 radical (unpaired) electrons. The van der Waals surface area contributed by atoms with Gasteiger partial charge < -0.3 is 10.5 Å². The van der Waals surface area contributed by atoms with Gasteiger partial charge in [0.1, 0.15) is 6.10 Å². The van der Waals surface area contributed by atoms with Gasteiger partial charge in [0.2, 0.25) is 0 Å². The Kier molecular flexibility index (Phi) is 4.53. The molecule has 0 aliphatic heterocycles. The minimum absolute atomic E-state index is 0.0427. The van der Waals surface area contributed by atoms with Gasteiger partial charge in [-0.2, -0.15) is 0 Å². The van der Waals surface area contributed by atoms with Crippen molar-refractivity contribution in [1.29, 1.82) is 0 Å². The smallest absolute Gasteiger partial charge is 0.104 e. The first-order chi connectivity index (χ1) is 7.34. The highest BCUT2D eigenvalue weighted by atomic mass is 32.1. The van der Waals surface area contributed by atoms with Crippen molar-refractivity contribution in [2.24, 2.45) is 5.73 Å². The molecule has 0 saturated heterocycles. The van der Waals surface area contributed by atoms with E-state index in [0.717, 1.165) is 0 Å². The molecule has 1 aromatic rings. The van der Waals surface area contributed by atoms with Gasteiger partial charge in [-0.25, -0.2) is 0 Å². The minimum Gasteiger partial charge on any atom is -0.369 e. The van der Waals surface area contributed by atoms with Crippen molar-refractivity contribution >= 4 is 11.3 Å². The van der Waals surface area contributed by atoms with Crippen molar-refractivity contribution in [2.75, 3.05) is 6.54 Å². The first kappa shape index (κ1) is 13.7. The van der Waals surface area contributed by atoms with Crippen molar-refractivity contribution in [3.8, 4) is 0 Å². The molecule has 0 saturated carbocycles. The van der Waals surface area contributed by atoms with E-state index < -0.39 is 0 Å². The summed E-state index contributed by atoms with van der Waals surface area (Å²) in [4.78, 5) is 2.62. The summed E-state index contributed by atoms with van der Waals surface area (Å²) in [5, 5.41) is 0. The monoisotopic (exact) mass is 241 g/mol. The summed E-state index contributed by atoms with van der Waals surface area (Å²) >= 11 is 1.81. The van der Waals surface area contributed by atoms with Gasteiger partial charge in [0, 0.05) is 16.3 Å². The van der Waals surface area contributed by atoms with Gasteiger partial charge in [-0.1, -0.05) is 20.8 Å². The molecule has 0 aliphatic rings. The Morgan fingerprint density at radius 2 is 1.94 bits per heavy atom. The highest BCUT2D eigenvalue weighted by molar-refractivity contribution is 7.12. The van der Waals surface area contributed by atoms with Gasteiger partial charge >= 0.3 is 0 Å². The largest absolute Gasteiger partial charge is 0.369 e. The number of hydrogen-bond acceptors (Lipinski definition) is 3.